The van der Waals surface area contributed by atoms with Crippen LogP contribution < -0.4 is 5.32 Å². The quantitative estimate of drug-likeness (QED) is 0.450. The van der Waals surface area contributed by atoms with E-state index in [1.54, 1.807) is 24.5 Å². The molecule has 3 heterocycles. The smallest absolute Gasteiger partial charge is 0.251 e. The Morgan fingerprint density at radius 2 is 1.83 bits per heavy atom. The highest BCUT2D eigenvalue weighted by atomic mass is 32.2. The molecule has 9 heteroatoms. The van der Waals surface area contributed by atoms with E-state index in [1.807, 2.05) is 54.1 Å². The maximum Gasteiger partial charge on any atom is 0.251 e. The molecule has 1 aliphatic heterocycles. The first-order valence-electron chi connectivity index (χ1n) is 11.3. The van der Waals surface area contributed by atoms with Crippen molar-refractivity contribution in [1.29, 1.82) is 0 Å². The number of carbonyl (C=O) groups is 1. The molecule has 0 radical (unpaired) electrons. The second-order valence-corrected chi connectivity index (χ2v) is 10.4. The normalized spacial score (nSPS) is 13.9. The number of pyridine rings is 1. The minimum absolute atomic E-state index is 0.117. The highest BCUT2D eigenvalue weighted by Crippen LogP contribution is 2.25. The summed E-state index contributed by atoms with van der Waals surface area (Å²) in [4.78, 5) is 21.5. The van der Waals surface area contributed by atoms with Crippen LogP contribution in [0.25, 0.3) is 5.82 Å². The number of hydrogen-bond acceptors (Lipinski definition) is 5. The van der Waals surface area contributed by atoms with Crippen LogP contribution in [-0.4, -0.2) is 39.7 Å². The molecule has 2 aromatic carbocycles. The highest BCUT2D eigenvalue weighted by Gasteiger charge is 2.28. The molecule has 0 atom stereocenters. The van der Waals surface area contributed by atoms with Gasteiger partial charge in [-0.3, -0.25) is 9.36 Å². The zero-order chi connectivity index (χ0) is 24.4. The molecule has 0 aliphatic carbocycles. The molecule has 1 N–H and O–H groups in total. The van der Waals surface area contributed by atoms with E-state index < -0.39 is 10.0 Å². The number of aryl methyl sites for hydroxylation is 1. The predicted octanol–water partition coefficient (Wildman–Crippen LogP) is 3.25. The summed E-state index contributed by atoms with van der Waals surface area (Å²) in [5.74, 6) is 1.18. The molecular formula is C26H25N5O3S. The fourth-order valence-corrected chi connectivity index (χ4v) is 5.69. The SMILES string of the molecule is Cc1nccn1-c1cc(CNC(=O)c2cccc(S(=O)(=O)N3CCc4ccccc4C3)c2)ccn1. The molecular weight excluding hydrogens is 462 g/mol. The first kappa shape index (κ1) is 22.9. The predicted molar refractivity (Wildman–Crippen MR) is 131 cm³/mol. The van der Waals surface area contributed by atoms with Gasteiger partial charge in [0.1, 0.15) is 11.6 Å². The molecule has 8 nitrogen and oxygen atoms in total. The zero-order valence-electron chi connectivity index (χ0n) is 19.3. The summed E-state index contributed by atoms with van der Waals surface area (Å²) in [6, 6.07) is 17.8. The maximum atomic E-state index is 13.3. The third-order valence-electron chi connectivity index (χ3n) is 6.17. The fraction of sp³-hybridized carbons (Fsp3) is 0.192. The van der Waals surface area contributed by atoms with Gasteiger partial charge in [0.25, 0.3) is 5.91 Å². The lowest BCUT2D eigenvalue weighted by atomic mass is 10.0. The fourth-order valence-electron chi connectivity index (χ4n) is 4.23. The summed E-state index contributed by atoms with van der Waals surface area (Å²) in [5, 5.41) is 2.87. The largest absolute Gasteiger partial charge is 0.348 e. The van der Waals surface area contributed by atoms with Crippen molar-refractivity contribution in [2.75, 3.05) is 6.54 Å². The van der Waals surface area contributed by atoms with Gasteiger partial charge >= 0.3 is 0 Å². The van der Waals surface area contributed by atoms with Crippen LogP contribution in [0.3, 0.4) is 0 Å². The van der Waals surface area contributed by atoms with Crippen LogP contribution in [0.5, 0.6) is 0 Å². The van der Waals surface area contributed by atoms with Crippen LogP contribution in [-0.2, 0) is 29.5 Å². The van der Waals surface area contributed by atoms with E-state index in [9.17, 15) is 13.2 Å². The van der Waals surface area contributed by atoms with E-state index in [2.05, 4.69) is 15.3 Å². The van der Waals surface area contributed by atoms with Crippen LogP contribution in [0.1, 0.15) is 32.9 Å². The average Bonchev–Trinajstić information content (AvgIpc) is 3.33. The molecule has 5 rings (SSSR count). The lowest BCUT2D eigenvalue weighted by molar-refractivity contribution is 0.0950. The van der Waals surface area contributed by atoms with E-state index in [4.69, 9.17) is 0 Å². The Kier molecular flexibility index (Phi) is 6.19. The van der Waals surface area contributed by atoms with Crippen molar-refractivity contribution in [2.45, 2.75) is 31.3 Å². The zero-order valence-corrected chi connectivity index (χ0v) is 20.1. The number of carbonyl (C=O) groups excluding carboxylic acids is 1. The van der Waals surface area contributed by atoms with Crippen molar-refractivity contribution in [3.63, 3.8) is 0 Å². The lowest BCUT2D eigenvalue weighted by Gasteiger charge is -2.28. The number of benzene rings is 2. The molecule has 0 saturated carbocycles. The number of nitrogens with zero attached hydrogens (tertiary/aromatic N) is 4. The lowest BCUT2D eigenvalue weighted by Crippen LogP contribution is -2.36. The molecule has 1 amide bonds. The standard InChI is InChI=1S/C26H25N5O3S/c1-19-27-12-14-31(19)25-15-20(9-11-28-25)17-29-26(32)22-7-4-8-24(16-22)35(33,34)30-13-10-21-5-2-3-6-23(21)18-30/h2-9,11-12,14-16H,10,13,17-18H2,1H3,(H,29,32). The number of fused-ring (bicyclic) bond motifs is 1. The van der Waals surface area contributed by atoms with Gasteiger partial charge in [-0.15, -0.1) is 0 Å². The Bertz CT molecular complexity index is 1500. The van der Waals surface area contributed by atoms with E-state index in [1.165, 1.54) is 22.0 Å². The first-order valence-corrected chi connectivity index (χ1v) is 12.8. The van der Waals surface area contributed by atoms with E-state index >= 15 is 0 Å². The number of aromatic nitrogens is 3. The molecule has 0 spiro atoms. The van der Waals surface area contributed by atoms with Gasteiger partial charge < -0.3 is 5.32 Å². The average molecular weight is 488 g/mol. The van der Waals surface area contributed by atoms with Gasteiger partial charge in [0.2, 0.25) is 10.0 Å². The Labute approximate surface area is 204 Å². The monoisotopic (exact) mass is 487 g/mol. The van der Waals surface area contributed by atoms with Gasteiger partial charge in [-0.2, -0.15) is 4.31 Å². The Balaban J connectivity index is 1.29. The van der Waals surface area contributed by atoms with Crippen LogP contribution in [0, 0.1) is 6.92 Å². The van der Waals surface area contributed by atoms with Crippen molar-refractivity contribution in [3.8, 4) is 5.82 Å². The molecule has 35 heavy (non-hydrogen) atoms. The van der Waals surface area contributed by atoms with Crippen LogP contribution in [0.4, 0.5) is 0 Å². The summed E-state index contributed by atoms with van der Waals surface area (Å²) < 4.78 is 30.0. The summed E-state index contributed by atoms with van der Waals surface area (Å²) in [7, 11) is -3.73. The molecule has 0 fully saturated rings. The number of sulfonamides is 1. The Morgan fingerprint density at radius 3 is 2.63 bits per heavy atom. The van der Waals surface area contributed by atoms with Gasteiger partial charge in [0.05, 0.1) is 4.90 Å². The minimum Gasteiger partial charge on any atom is -0.348 e. The van der Waals surface area contributed by atoms with Crippen molar-refractivity contribution in [3.05, 3.63) is 107 Å². The summed E-state index contributed by atoms with van der Waals surface area (Å²) in [5.41, 5.74) is 3.35. The van der Waals surface area contributed by atoms with Gasteiger partial charge in [-0.25, -0.2) is 18.4 Å². The van der Waals surface area contributed by atoms with Gasteiger partial charge in [0, 0.05) is 43.8 Å². The summed E-state index contributed by atoms with van der Waals surface area (Å²) in [6.07, 6.45) is 5.88. The summed E-state index contributed by atoms with van der Waals surface area (Å²) in [6.45, 7) is 2.91. The minimum atomic E-state index is -3.73. The van der Waals surface area contributed by atoms with E-state index in [0.29, 0.717) is 30.9 Å². The number of imidazole rings is 1. The first-order chi connectivity index (χ1) is 16.9. The van der Waals surface area contributed by atoms with Gasteiger partial charge in [0.15, 0.2) is 0 Å². The van der Waals surface area contributed by atoms with Crippen molar-refractivity contribution < 1.29 is 13.2 Å². The number of amides is 1. The molecule has 0 saturated heterocycles. The van der Waals surface area contributed by atoms with E-state index in [-0.39, 0.29) is 17.3 Å². The van der Waals surface area contributed by atoms with Crippen LogP contribution >= 0.6 is 0 Å². The second-order valence-electron chi connectivity index (χ2n) is 8.43. The maximum absolute atomic E-state index is 13.3. The molecule has 4 aromatic rings. The molecule has 178 valence electrons. The van der Waals surface area contributed by atoms with Crippen molar-refractivity contribution in [1.82, 2.24) is 24.2 Å². The van der Waals surface area contributed by atoms with Crippen molar-refractivity contribution in [2.24, 2.45) is 0 Å². The molecule has 0 unspecified atom stereocenters. The Morgan fingerprint density at radius 1 is 1.00 bits per heavy atom. The Hall–Kier alpha value is -3.82. The van der Waals surface area contributed by atoms with Crippen LogP contribution in [0.15, 0.2) is 84.1 Å². The number of nitrogens with one attached hydrogen (secondary N) is 1. The third kappa shape index (κ3) is 4.73. The van der Waals surface area contributed by atoms with Gasteiger partial charge in [-0.05, 0) is 60.4 Å². The third-order valence-corrected chi connectivity index (χ3v) is 8.01. The van der Waals surface area contributed by atoms with Gasteiger partial charge in [-0.1, -0.05) is 30.3 Å². The molecule has 1 aliphatic rings. The topological polar surface area (TPSA) is 97.2 Å². The summed E-state index contributed by atoms with van der Waals surface area (Å²) >= 11 is 0. The number of rotatable bonds is 6. The van der Waals surface area contributed by atoms with Crippen LogP contribution in [0.2, 0.25) is 0 Å². The molecule has 0 bridgehead atoms. The highest BCUT2D eigenvalue weighted by molar-refractivity contribution is 7.89. The van der Waals surface area contributed by atoms with Crippen molar-refractivity contribution >= 4 is 15.9 Å². The van der Waals surface area contributed by atoms with E-state index in [0.717, 1.165) is 17.0 Å². The molecule has 2 aromatic heterocycles. The number of hydrogen-bond donors (Lipinski definition) is 1. The second kappa shape index (κ2) is 9.44.